The Bertz CT molecular complexity index is 327. The van der Waals surface area contributed by atoms with E-state index in [1.54, 1.807) is 36.0 Å². The van der Waals surface area contributed by atoms with Gasteiger partial charge in [-0.25, -0.2) is 4.98 Å². The van der Waals surface area contributed by atoms with Gasteiger partial charge in [-0.1, -0.05) is 11.8 Å². The molecule has 12 heavy (non-hydrogen) atoms. The molecule has 0 aromatic carbocycles. The molecule has 0 unspecified atom stereocenters. The first-order valence-corrected chi connectivity index (χ1v) is 4.61. The number of fused-ring (bicyclic) bond motifs is 1. The third-order valence-corrected chi connectivity index (χ3v) is 2.86. The van der Waals surface area contributed by atoms with Crippen LogP contribution in [0.25, 0.3) is 0 Å². The number of amides is 1. The Morgan fingerprint density at radius 3 is 3.33 bits per heavy atom. The molecule has 0 saturated carbocycles. The fourth-order valence-electron chi connectivity index (χ4n) is 1.09. The van der Waals surface area contributed by atoms with Crippen molar-refractivity contribution in [1.29, 1.82) is 0 Å². The Morgan fingerprint density at radius 2 is 2.50 bits per heavy atom. The number of carbonyl (C=O) groups excluding carboxylic acids is 1. The van der Waals surface area contributed by atoms with Crippen molar-refractivity contribution in [2.45, 2.75) is 5.03 Å². The lowest BCUT2D eigenvalue weighted by molar-refractivity contribution is 0.0811. The van der Waals surface area contributed by atoms with Crippen LogP contribution in [-0.2, 0) is 0 Å². The summed E-state index contributed by atoms with van der Waals surface area (Å²) < 4.78 is 0. The van der Waals surface area contributed by atoms with E-state index in [0.29, 0.717) is 5.88 Å². The number of carbonyl (C=O) groups is 1. The minimum Gasteiger partial charge on any atom is -0.332 e. The zero-order valence-corrected chi connectivity index (χ0v) is 7.47. The van der Waals surface area contributed by atoms with Gasteiger partial charge in [0.25, 0.3) is 5.91 Å². The molecule has 2 heterocycles. The number of aromatic nitrogens is 1. The first-order chi connectivity index (χ1) is 5.79. The number of rotatable bonds is 0. The molecule has 0 aliphatic carbocycles. The molecule has 0 atom stereocenters. The van der Waals surface area contributed by atoms with Crippen LogP contribution >= 0.6 is 11.8 Å². The zero-order valence-electron chi connectivity index (χ0n) is 6.65. The number of hydrogen-bond donors (Lipinski definition) is 0. The average Bonchev–Trinajstić information content (AvgIpc) is 2.12. The van der Waals surface area contributed by atoms with Crippen LogP contribution in [0.1, 0.15) is 10.4 Å². The van der Waals surface area contributed by atoms with Crippen molar-refractivity contribution in [3.05, 3.63) is 23.9 Å². The summed E-state index contributed by atoms with van der Waals surface area (Å²) in [5.74, 6) is 0.764. The highest BCUT2D eigenvalue weighted by Crippen LogP contribution is 2.26. The van der Waals surface area contributed by atoms with Crippen molar-refractivity contribution in [3.63, 3.8) is 0 Å². The zero-order chi connectivity index (χ0) is 8.55. The molecule has 1 aromatic rings. The lowest BCUT2D eigenvalue weighted by atomic mass is 10.2. The smallest absolute Gasteiger partial charge is 0.257 e. The van der Waals surface area contributed by atoms with Crippen LogP contribution in [0.3, 0.4) is 0 Å². The van der Waals surface area contributed by atoms with E-state index in [9.17, 15) is 4.79 Å². The highest BCUT2D eigenvalue weighted by molar-refractivity contribution is 7.99. The Balaban J connectivity index is 2.49. The van der Waals surface area contributed by atoms with Gasteiger partial charge in [-0.3, -0.25) is 4.79 Å². The van der Waals surface area contributed by atoms with Crippen LogP contribution in [0.15, 0.2) is 23.4 Å². The average molecular weight is 180 g/mol. The van der Waals surface area contributed by atoms with Crippen LogP contribution in [0.4, 0.5) is 0 Å². The van der Waals surface area contributed by atoms with Crippen molar-refractivity contribution < 1.29 is 4.79 Å². The van der Waals surface area contributed by atoms with Crippen LogP contribution in [0, 0.1) is 0 Å². The van der Waals surface area contributed by atoms with Gasteiger partial charge in [-0.15, -0.1) is 0 Å². The molecule has 0 saturated heterocycles. The fraction of sp³-hybridized carbons (Fsp3) is 0.250. The second-order valence-corrected chi connectivity index (χ2v) is 3.57. The maximum atomic E-state index is 11.5. The Kier molecular flexibility index (Phi) is 1.77. The second-order valence-electron chi connectivity index (χ2n) is 2.63. The summed E-state index contributed by atoms with van der Waals surface area (Å²) in [6.07, 6.45) is 1.71. The third-order valence-electron chi connectivity index (χ3n) is 1.74. The lowest BCUT2D eigenvalue weighted by Gasteiger charge is -2.22. The molecule has 2 rings (SSSR count). The molecule has 1 aliphatic heterocycles. The van der Waals surface area contributed by atoms with Crippen LogP contribution in [-0.4, -0.2) is 28.7 Å². The summed E-state index contributed by atoms with van der Waals surface area (Å²) in [6.45, 7) is 0. The van der Waals surface area contributed by atoms with Gasteiger partial charge in [0.05, 0.1) is 11.4 Å². The molecule has 1 aromatic heterocycles. The quantitative estimate of drug-likeness (QED) is 0.601. The van der Waals surface area contributed by atoms with Crippen molar-refractivity contribution in [2.75, 3.05) is 12.9 Å². The number of nitrogens with zero attached hydrogens (tertiary/aromatic N) is 2. The summed E-state index contributed by atoms with van der Waals surface area (Å²) in [5, 5.41) is 0.848. The summed E-state index contributed by atoms with van der Waals surface area (Å²) in [5.41, 5.74) is 0.719. The molecule has 62 valence electrons. The fourth-order valence-corrected chi connectivity index (χ4v) is 1.97. The third kappa shape index (κ3) is 1.08. The largest absolute Gasteiger partial charge is 0.332 e. The normalized spacial score (nSPS) is 16.1. The second kappa shape index (κ2) is 2.79. The highest BCUT2D eigenvalue weighted by atomic mass is 32.2. The van der Waals surface area contributed by atoms with E-state index in [1.165, 1.54) is 0 Å². The first kappa shape index (κ1) is 7.61. The molecular weight excluding hydrogens is 172 g/mol. The van der Waals surface area contributed by atoms with Crippen molar-refractivity contribution in [1.82, 2.24) is 9.88 Å². The minimum absolute atomic E-state index is 0.0665. The standard InChI is InChI=1S/C8H8N2OS/c1-10-5-12-7-6(8(10)11)3-2-4-9-7/h2-4H,5H2,1H3. The number of hydrogen-bond acceptors (Lipinski definition) is 3. The maximum absolute atomic E-state index is 11.5. The van der Waals surface area contributed by atoms with Gasteiger partial charge in [0.15, 0.2) is 0 Å². The maximum Gasteiger partial charge on any atom is 0.257 e. The number of pyridine rings is 1. The van der Waals surface area contributed by atoms with Gasteiger partial charge in [0.2, 0.25) is 0 Å². The molecule has 0 bridgehead atoms. The molecule has 0 fully saturated rings. The topological polar surface area (TPSA) is 33.2 Å². The van der Waals surface area contributed by atoms with Gasteiger partial charge in [-0.05, 0) is 12.1 Å². The Morgan fingerprint density at radius 1 is 1.67 bits per heavy atom. The van der Waals surface area contributed by atoms with Gasteiger partial charge >= 0.3 is 0 Å². The van der Waals surface area contributed by atoms with Crippen LogP contribution in [0.2, 0.25) is 0 Å². The molecule has 0 radical (unpaired) electrons. The molecule has 4 heteroatoms. The van der Waals surface area contributed by atoms with Crippen molar-refractivity contribution in [2.24, 2.45) is 0 Å². The molecular formula is C8H8N2OS. The van der Waals surface area contributed by atoms with E-state index in [4.69, 9.17) is 0 Å². The van der Waals surface area contributed by atoms with E-state index in [0.717, 1.165) is 10.6 Å². The molecule has 0 N–H and O–H groups in total. The minimum atomic E-state index is 0.0665. The number of thioether (sulfide) groups is 1. The van der Waals surface area contributed by atoms with Gasteiger partial charge in [0, 0.05) is 13.2 Å². The van der Waals surface area contributed by atoms with Gasteiger partial charge in [-0.2, -0.15) is 0 Å². The van der Waals surface area contributed by atoms with E-state index in [2.05, 4.69) is 4.98 Å². The van der Waals surface area contributed by atoms with E-state index in [-0.39, 0.29) is 5.91 Å². The molecule has 3 nitrogen and oxygen atoms in total. The molecule has 0 spiro atoms. The lowest BCUT2D eigenvalue weighted by Crippen LogP contribution is -2.30. The van der Waals surface area contributed by atoms with Crippen LogP contribution < -0.4 is 0 Å². The van der Waals surface area contributed by atoms with E-state index in [1.807, 2.05) is 6.07 Å². The SMILES string of the molecule is CN1CSc2ncccc2C1=O. The summed E-state index contributed by atoms with van der Waals surface area (Å²) in [4.78, 5) is 17.3. The van der Waals surface area contributed by atoms with E-state index >= 15 is 0 Å². The van der Waals surface area contributed by atoms with Crippen LogP contribution in [0.5, 0.6) is 0 Å². The van der Waals surface area contributed by atoms with E-state index < -0.39 is 0 Å². The predicted molar refractivity (Wildman–Crippen MR) is 47.1 cm³/mol. The summed E-state index contributed by atoms with van der Waals surface area (Å²) in [7, 11) is 1.80. The summed E-state index contributed by atoms with van der Waals surface area (Å²) in [6, 6.07) is 3.60. The highest BCUT2D eigenvalue weighted by Gasteiger charge is 2.21. The van der Waals surface area contributed by atoms with Crippen molar-refractivity contribution >= 4 is 17.7 Å². The van der Waals surface area contributed by atoms with Crippen molar-refractivity contribution in [3.8, 4) is 0 Å². The Labute approximate surface area is 74.8 Å². The summed E-state index contributed by atoms with van der Waals surface area (Å²) >= 11 is 1.59. The van der Waals surface area contributed by atoms with Gasteiger partial charge in [0.1, 0.15) is 5.03 Å². The molecule has 1 aliphatic rings. The Hall–Kier alpha value is -1.03. The van der Waals surface area contributed by atoms with Gasteiger partial charge < -0.3 is 4.90 Å². The predicted octanol–water partition coefficient (Wildman–Crippen LogP) is 1.22. The first-order valence-electron chi connectivity index (χ1n) is 3.62. The monoisotopic (exact) mass is 180 g/mol. The molecule has 1 amide bonds.